The molecule has 2 aliphatic heterocycles. The summed E-state index contributed by atoms with van der Waals surface area (Å²) in [5.41, 5.74) is 5.74. The second kappa shape index (κ2) is 4.30. The summed E-state index contributed by atoms with van der Waals surface area (Å²) < 4.78 is 0. The monoisotopic (exact) mass is 272 g/mol. The van der Waals surface area contributed by atoms with Crippen molar-refractivity contribution >= 4 is 0 Å². The van der Waals surface area contributed by atoms with E-state index in [9.17, 15) is 0 Å². The van der Waals surface area contributed by atoms with Crippen molar-refractivity contribution in [3.8, 4) is 0 Å². The fourth-order valence-electron chi connectivity index (χ4n) is 5.23. The van der Waals surface area contributed by atoms with Crippen LogP contribution in [0.5, 0.6) is 0 Å². The minimum absolute atomic E-state index is 0.394. The third kappa shape index (κ3) is 1.64. The van der Waals surface area contributed by atoms with Crippen molar-refractivity contribution in [3.63, 3.8) is 0 Å². The number of pyridine rings is 1. The molecule has 2 bridgehead atoms. The minimum atomic E-state index is 0.394. The zero-order valence-corrected chi connectivity index (χ0v) is 14.0. The number of hydrogen-bond acceptors (Lipinski definition) is 2. The topological polar surface area (TPSA) is 16.1 Å². The van der Waals surface area contributed by atoms with Crippen LogP contribution in [0.3, 0.4) is 0 Å². The highest BCUT2D eigenvalue weighted by Gasteiger charge is 2.60. The first kappa shape index (κ1) is 14.1. The number of aryl methyl sites for hydroxylation is 3. The number of piperidine rings is 1. The van der Waals surface area contributed by atoms with Gasteiger partial charge in [0.05, 0.1) is 0 Å². The minimum Gasteiger partial charge on any atom is -0.296 e. The van der Waals surface area contributed by atoms with Crippen molar-refractivity contribution in [1.82, 2.24) is 9.88 Å². The van der Waals surface area contributed by atoms with Crippen molar-refractivity contribution in [3.05, 3.63) is 28.6 Å². The molecular formula is C18H28N2. The van der Waals surface area contributed by atoms with Gasteiger partial charge in [-0.05, 0) is 63.1 Å². The average molecular weight is 272 g/mol. The summed E-state index contributed by atoms with van der Waals surface area (Å²) in [6.45, 7) is 17.6. The molecule has 3 rings (SSSR count). The lowest BCUT2D eigenvalue weighted by atomic mass is 9.63. The van der Waals surface area contributed by atoms with Crippen LogP contribution in [0.2, 0.25) is 0 Å². The van der Waals surface area contributed by atoms with Gasteiger partial charge < -0.3 is 0 Å². The standard InChI is InChI=1S/C18H28N2/c1-10-8-11(2)19-13(4)16(10)17-15(6)20-9-18(17,7)12(3)14(20)5/h8,12,14-15,17H,9H2,1-7H3. The van der Waals surface area contributed by atoms with Crippen LogP contribution in [0.4, 0.5) is 0 Å². The van der Waals surface area contributed by atoms with Crippen LogP contribution in [0.1, 0.15) is 56.1 Å². The number of fused-ring (bicyclic) bond motifs is 2. The molecule has 2 nitrogen and oxygen atoms in total. The Labute approximate surface area is 123 Å². The smallest absolute Gasteiger partial charge is 0.0414 e. The Morgan fingerprint density at radius 1 is 1.15 bits per heavy atom. The molecule has 1 aromatic heterocycles. The molecule has 6 unspecified atom stereocenters. The molecule has 0 N–H and O–H groups in total. The van der Waals surface area contributed by atoms with Gasteiger partial charge in [-0.1, -0.05) is 13.8 Å². The molecule has 110 valence electrons. The van der Waals surface area contributed by atoms with Crippen molar-refractivity contribution in [2.75, 3.05) is 6.54 Å². The van der Waals surface area contributed by atoms with E-state index in [2.05, 4.69) is 59.4 Å². The van der Waals surface area contributed by atoms with Crippen molar-refractivity contribution in [2.24, 2.45) is 11.3 Å². The van der Waals surface area contributed by atoms with Gasteiger partial charge in [-0.15, -0.1) is 0 Å². The van der Waals surface area contributed by atoms with Crippen molar-refractivity contribution in [2.45, 2.75) is 66.5 Å². The molecule has 0 radical (unpaired) electrons. The van der Waals surface area contributed by atoms with E-state index in [0.717, 1.165) is 11.6 Å². The van der Waals surface area contributed by atoms with Gasteiger partial charge >= 0.3 is 0 Å². The normalized spacial score (nSPS) is 43.2. The Morgan fingerprint density at radius 3 is 2.35 bits per heavy atom. The third-order valence-electron chi connectivity index (χ3n) is 6.42. The van der Waals surface area contributed by atoms with Gasteiger partial charge in [0.25, 0.3) is 0 Å². The van der Waals surface area contributed by atoms with E-state index in [1.165, 1.54) is 23.4 Å². The lowest BCUT2D eigenvalue weighted by Crippen LogP contribution is -2.45. The number of hydrogen-bond donors (Lipinski definition) is 0. The molecule has 2 heteroatoms. The van der Waals surface area contributed by atoms with E-state index in [4.69, 9.17) is 4.98 Å². The predicted molar refractivity (Wildman–Crippen MR) is 84.1 cm³/mol. The maximum atomic E-state index is 4.75. The predicted octanol–water partition coefficient (Wildman–Crippen LogP) is 3.84. The highest BCUT2D eigenvalue weighted by atomic mass is 15.3. The lowest BCUT2D eigenvalue weighted by molar-refractivity contribution is 0.112. The van der Waals surface area contributed by atoms with Gasteiger partial charge in [0, 0.05) is 35.9 Å². The molecule has 0 amide bonds. The first-order valence-electron chi connectivity index (χ1n) is 7.98. The van der Waals surface area contributed by atoms with E-state index in [-0.39, 0.29) is 0 Å². The molecule has 2 fully saturated rings. The molecule has 1 aromatic rings. The first-order chi connectivity index (χ1) is 9.27. The Balaban J connectivity index is 2.12. The largest absolute Gasteiger partial charge is 0.296 e. The summed E-state index contributed by atoms with van der Waals surface area (Å²) in [4.78, 5) is 7.47. The summed E-state index contributed by atoms with van der Waals surface area (Å²) in [6.07, 6.45) is 0. The molecule has 0 aliphatic carbocycles. The Hall–Kier alpha value is -0.890. The number of nitrogens with zero attached hydrogens (tertiary/aromatic N) is 2. The van der Waals surface area contributed by atoms with Crippen molar-refractivity contribution < 1.29 is 0 Å². The van der Waals surface area contributed by atoms with Crippen LogP contribution in [-0.2, 0) is 0 Å². The fraction of sp³-hybridized carbons (Fsp3) is 0.722. The number of aromatic nitrogens is 1. The van der Waals surface area contributed by atoms with E-state index in [1.807, 2.05) is 0 Å². The molecular weight excluding hydrogens is 244 g/mol. The fourth-order valence-corrected chi connectivity index (χ4v) is 5.23. The molecule has 0 spiro atoms. The van der Waals surface area contributed by atoms with Crippen LogP contribution in [-0.4, -0.2) is 28.5 Å². The zero-order valence-electron chi connectivity index (χ0n) is 14.0. The van der Waals surface area contributed by atoms with E-state index >= 15 is 0 Å². The highest BCUT2D eigenvalue weighted by molar-refractivity contribution is 5.39. The summed E-state index contributed by atoms with van der Waals surface area (Å²) in [5, 5.41) is 0. The molecule has 0 saturated carbocycles. The summed E-state index contributed by atoms with van der Waals surface area (Å²) >= 11 is 0. The summed E-state index contributed by atoms with van der Waals surface area (Å²) in [6, 6.07) is 3.60. The van der Waals surface area contributed by atoms with Crippen LogP contribution in [0.25, 0.3) is 0 Å². The van der Waals surface area contributed by atoms with Gasteiger partial charge in [-0.2, -0.15) is 0 Å². The van der Waals surface area contributed by atoms with Crippen LogP contribution in [0, 0.1) is 32.1 Å². The van der Waals surface area contributed by atoms with Gasteiger partial charge in [0.1, 0.15) is 0 Å². The van der Waals surface area contributed by atoms with Gasteiger partial charge in [0.15, 0.2) is 0 Å². The first-order valence-corrected chi connectivity index (χ1v) is 7.98. The molecule has 20 heavy (non-hydrogen) atoms. The average Bonchev–Trinajstić information content (AvgIpc) is 2.73. The third-order valence-corrected chi connectivity index (χ3v) is 6.42. The maximum absolute atomic E-state index is 4.75. The molecule has 2 saturated heterocycles. The van der Waals surface area contributed by atoms with Crippen molar-refractivity contribution in [1.29, 1.82) is 0 Å². The SMILES string of the molecule is Cc1cc(C)c(C2C(C)N3CC2(C)C(C)C3C)c(C)n1. The zero-order chi connectivity index (χ0) is 14.8. The molecule has 0 aromatic carbocycles. The highest BCUT2D eigenvalue weighted by Crippen LogP contribution is 2.59. The van der Waals surface area contributed by atoms with Gasteiger partial charge in [0.2, 0.25) is 0 Å². The maximum Gasteiger partial charge on any atom is 0.0414 e. The Morgan fingerprint density at radius 2 is 1.80 bits per heavy atom. The summed E-state index contributed by atoms with van der Waals surface area (Å²) in [5.74, 6) is 1.38. The Bertz CT molecular complexity index is 527. The van der Waals surface area contributed by atoms with Crippen LogP contribution in [0.15, 0.2) is 6.07 Å². The van der Waals surface area contributed by atoms with Gasteiger partial charge in [-0.25, -0.2) is 0 Å². The summed E-state index contributed by atoms with van der Waals surface area (Å²) in [7, 11) is 0. The van der Waals surface area contributed by atoms with Gasteiger partial charge in [-0.3, -0.25) is 9.88 Å². The second-order valence-corrected chi connectivity index (χ2v) is 7.51. The lowest BCUT2D eigenvalue weighted by Gasteiger charge is -2.44. The number of rotatable bonds is 1. The van der Waals surface area contributed by atoms with Crippen LogP contribution < -0.4 is 0 Å². The Kier molecular flexibility index (Phi) is 3.02. The van der Waals surface area contributed by atoms with E-state index in [1.54, 1.807) is 0 Å². The van der Waals surface area contributed by atoms with Crippen LogP contribution >= 0.6 is 0 Å². The molecule has 3 heterocycles. The van der Waals surface area contributed by atoms with E-state index < -0.39 is 0 Å². The molecule has 2 aliphatic rings. The quantitative estimate of drug-likeness (QED) is 0.772. The second-order valence-electron chi connectivity index (χ2n) is 7.51. The molecule has 6 atom stereocenters. The van der Waals surface area contributed by atoms with E-state index in [0.29, 0.717) is 23.4 Å².